The number of urea groups is 1. The highest BCUT2D eigenvalue weighted by molar-refractivity contribution is 5.90. The minimum Gasteiger partial charge on any atom is -0.340 e. The van der Waals surface area contributed by atoms with E-state index in [-0.39, 0.29) is 6.03 Å². The topological polar surface area (TPSA) is 109 Å². The largest absolute Gasteiger partial charge is 0.340 e. The van der Waals surface area contributed by atoms with Crippen molar-refractivity contribution in [2.24, 2.45) is 0 Å². The zero-order valence-electron chi connectivity index (χ0n) is 14.5. The maximum atomic E-state index is 12.6. The number of carbonyl (C=O) groups excluding carboxylic acids is 1. The van der Waals surface area contributed by atoms with Crippen molar-refractivity contribution < 1.29 is 9.32 Å². The predicted molar refractivity (Wildman–Crippen MR) is 95.4 cm³/mol. The van der Waals surface area contributed by atoms with Crippen molar-refractivity contribution in [3.63, 3.8) is 0 Å². The van der Waals surface area contributed by atoms with E-state index in [0.29, 0.717) is 17.4 Å². The second-order valence-corrected chi connectivity index (χ2v) is 6.56. The molecule has 26 heavy (non-hydrogen) atoms. The third-order valence-electron chi connectivity index (χ3n) is 4.70. The molecule has 1 saturated carbocycles. The molecule has 1 fully saturated rings. The van der Waals surface area contributed by atoms with E-state index in [9.17, 15) is 4.79 Å². The van der Waals surface area contributed by atoms with E-state index < -0.39 is 5.54 Å². The molecule has 0 spiro atoms. The molecule has 1 aliphatic carbocycles. The van der Waals surface area contributed by atoms with Crippen molar-refractivity contribution in [3.8, 4) is 11.3 Å². The Morgan fingerprint density at radius 3 is 2.81 bits per heavy atom. The van der Waals surface area contributed by atoms with E-state index in [4.69, 9.17) is 4.52 Å². The first-order valence-corrected chi connectivity index (χ1v) is 8.64. The predicted octanol–water partition coefficient (Wildman–Crippen LogP) is 3.36. The number of aromatic amines is 1. The first kappa shape index (κ1) is 16.3. The van der Waals surface area contributed by atoms with Gasteiger partial charge in [0.05, 0.1) is 5.69 Å². The SMILES string of the molecule is Cc1nc(C2(NC(=O)Nc3cccc(-c4ccn[nH]4)c3)CCCC2)no1. The highest BCUT2D eigenvalue weighted by Crippen LogP contribution is 2.37. The van der Waals surface area contributed by atoms with Crippen LogP contribution in [0.3, 0.4) is 0 Å². The Morgan fingerprint density at radius 1 is 1.27 bits per heavy atom. The van der Waals surface area contributed by atoms with Crippen molar-refractivity contribution in [1.29, 1.82) is 0 Å². The van der Waals surface area contributed by atoms with Gasteiger partial charge in [0.25, 0.3) is 0 Å². The Bertz CT molecular complexity index is 896. The monoisotopic (exact) mass is 352 g/mol. The fourth-order valence-corrected chi connectivity index (χ4v) is 3.44. The van der Waals surface area contributed by atoms with Crippen molar-refractivity contribution in [1.82, 2.24) is 25.7 Å². The van der Waals surface area contributed by atoms with Crippen LogP contribution in [0.25, 0.3) is 11.3 Å². The zero-order valence-corrected chi connectivity index (χ0v) is 14.5. The lowest BCUT2D eigenvalue weighted by atomic mass is 9.97. The Hall–Kier alpha value is -3.16. The minimum atomic E-state index is -0.567. The van der Waals surface area contributed by atoms with Gasteiger partial charge in [0, 0.05) is 24.4 Å². The van der Waals surface area contributed by atoms with Crippen molar-refractivity contribution in [2.45, 2.75) is 38.1 Å². The van der Waals surface area contributed by atoms with Crippen LogP contribution < -0.4 is 10.6 Å². The maximum absolute atomic E-state index is 12.6. The molecule has 1 aromatic carbocycles. The minimum absolute atomic E-state index is 0.281. The lowest BCUT2D eigenvalue weighted by molar-refractivity contribution is 0.232. The summed E-state index contributed by atoms with van der Waals surface area (Å²) in [4.78, 5) is 17.0. The standard InChI is InChI=1S/C18H20N6O2/c1-12-20-16(24-26-12)18(8-2-3-9-18)22-17(25)21-14-6-4-5-13(11-14)15-7-10-19-23-15/h4-7,10-11H,2-3,8-9H2,1H3,(H,19,23)(H2,21,22,25). The average Bonchev–Trinajstić information content (AvgIpc) is 3.36. The van der Waals surface area contributed by atoms with Crippen LogP contribution >= 0.6 is 0 Å². The number of rotatable bonds is 4. The normalized spacial score (nSPS) is 15.7. The summed E-state index contributed by atoms with van der Waals surface area (Å²) in [5.41, 5.74) is 1.98. The Kier molecular flexibility index (Phi) is 4.16. The van der Waals surface area contributed by atoms with E-state index in [0.717, 1.165) is 36.9 Å². The van der Waals surface area contributed by atoms with Gasteiger partial charge in [-0.05, 0) is 31.0 Å². The molecule has 3 N–H and O–H groups in total. The number of H-pyrrole nitrogens is 1. The number of aryl methyl sites for hydroxylation is 1. The van der Waals surface area contributed by atoms with Crippen LogP contribution in [0, 0.1) is 6.92 Å². The number of nitrogens with one attached hydrogen (secondary N) is 3. The Labute approximate surface area is 150 Å². The molecule has 8 heteroatoms. The molecule has 0 bridgehead atoms. The second-order valence-electron chi connectivity index (χ2n) is 6.56. The Morgan fingerprint density at radius 2 is 2.12 bits per heavy atom. The van der Waals surface area contributed by atoms with Crippen molar-refractivity contribution in [2.75, 3.05) is 5.32 Å². The van der Waals surface area contributed by atoms with Gasteiger partial charge in [0.15, 0.2) is 5.82 Å². The van der Waals surface area contributed by atoms with Crippen LogP contribution in [0.2, 0.25) is 0 Å². The van der Waals surface area contributed by atoms with E-state index in [1.807, 2.05) is 30.3 Å². The van der Waals surface area contributed by atoms with Gasteiger partial charge in [-0.3, -0.25) is 5.10 Å². The number of hydrogen-bond acceptors (Lipinski definition) is 5. The summed E-state index contributed by atoms with van der Waals surface area (Å²) in [5, 5.41) is 16.9. The smallest absolute Gasteiger partial charge is 0.320 e. The summed E-state index contributed by atoms with van der Waals surface area (Å²) < 4.78 is 5.12. The summed E-state index contributed by atoms with van der Waals surface area (Å²) in [6.07, 6.45) is 5.33. The molecule has 8 nitrogen and oxygen atoms in total. The average molecular weight is 352 g/mol. The van der Waals surface area contributed by atoms with Gasteiger partial charge in [-0.1, -0.05) is 30.1 Å². The molecule has 0 atom stereocenters. The third-order valence-corrected chi connectivity index (χ3v) is 4.70. The van der Waals surface area contributed by atoms with Crippen molar-refractivity contribution in [3.05, 3.63) is 48.2 Å². The van der Waals surface area contributed by atoms with Gasteiger partial charge in [-0.25, -0.2) is 4.79 Å². The van der Waals surface area contributed by atoms with Crippen LogP contribution in [-0.2, 0) is 5.54 Å². The van der Waals surface area contributed by atoms with Crippen molar-refractivity contribution >= 4 is 11.7 Å². The summed E-state index contributed by atoms with van der Waals surface area (Å²) in [6, 6.07) is 9.19. The number of benzene rings is 1. The van der Waals surface area contributed by atoms with Crippen LogP contribution in [0.4, 0.5) is 10.5 Å². The van der Waals surface area contributed by atoms with Crippen LogP contribution in [0.15, 0.2) is 41.1 Å². The summed E-state index contributed by atoms with van der Waals surface area (Å²) in [5.74, 6) is 1.05. The molecular weight excluding hydrogens is 332 g/mol. The molecule has 0 radical (unpaired) electrons. The third kappa shape index (κ3) is 3.17. The second kappa shape index (κ2) is 6.62. The van der Waals surface area contributed by atoms with Crippen LogP contribution in [0.1, 0.15) is 37.4 Å². The molecule has 1 aliphatic rings. The molecule has 4 rings (SSSR count). The summed E-state index contributed by atoms with van der Waals surface area (Å²) in [6.45, 7) is 1.75. The maximum Gasteiger partial charge on any atom is 0.320 e. The number of amides is 2. The summed E-state index contributed by atoms with van der Waals surface area (Å²) in [7, 11) is 0. The fraction of sp³-hybridized carbons (Fsp3) is 0.333. The van der Waals surface area contributed by atoms with Gasteiger partial charge in [0.2, 0.25) is 5.89 Å². The lowest BCUT2D eigenvalue weighted by Crippen LogP contribution is -2.46. The van der Waals surface area contributed by atoms with E-state index in [2.05, 4.69) is 31.0 Å². The van der Waals surface area contributed by atoms with E-state index in [1.54, 1.807) is 13.1 Å². The highest BCUT2D eigenvalue weighted by Gasteiger charge is 2.41. The Balaban J connectivity index is 1.50. The van der Waals surface area contributed by atoms with Gasteiger partial charge in [-0.2, -0.15) is 10.1 Å². The lowest BCUT2D eigenvalue weighted by Gasteiger charge is -2.26. The van der Waals surface area contributed by atoms with Crippen LogP contribution in [0.5, 0.6) is 0 Å². The van der Waals surface area contributed by atoms with E-state index in [1.165, 1.54) is 0 Å². The molecule has 2 aromatic heterocycles. The molecule has 0 saturated heterocycles. The molecule has 0 unspecified atom stereocenters. The number of hydrogen-bond donors (Lipinski definition) is 3. The van der Waals surface area contributed by atoms with Gasteiger partial charge in [0.1, 0.15) is 5.54 Å². The molecule has 2 amide bonds. The first-order valence-electron chi connectivity index (χ1n) is 8.64. The molecular formula is C18H20N6O2. The van der Waals surface area contributed by atoms with E-state index >= 15 is 0 Å². The molecule has 3 aromatic rings. The van der Waals surface area contributed by atoms with Gasteiger partial charge < -0.3 is 15.2 Å². The number of nitrogens with zero attached hydrogens (tertiary/aromatic N) is 3. The number of anilines is 1. The number of aromatic nitrogens is 4. The highest BCUT2D eigenvalue weighted by atomic mass is 16.5. The molecule has 134 valence electrons. The molecule has 0 aliphatic heterocycles. The fourth-order valence-electron chi connectivity index (χ4n) is 3.44. The number of carbonyl (C=O) groups is 1. The van der Waals surface area contributed by atoms with Gasteiger partial charge >= 0.3 is 6.03 Å². The summed E-state index contributed by atoms with van der Waals surface area (Å²) >= 11 is 0. The first-order chi connectivity index (χ1) is 12.6. The van der Waals surface area contributed by atoms with Gasteiger partial charge in [-0.15, -0.1) is 0 Å². The quantitative estimate of drug-likeness (QED) is 0.667. The van der Waals surface area contributed by atoms with Crippen LogP contribution in [-0.4, -0.2) is 26.4 Å². The molecule has 2 heterocycles. The zero-order chi connectivity index (χ0) is 18.0.